The summed E-state index contributed by atoms with van der Waals surface area (Å²) in [6, 6.07) is 6.79. The molecular formula is C19H16F2N4O. The van der Waals surface area contributed by atoms with Crippen LogP contribution in [-0.4, -0.2) is 38.7 Å². The molecule has 0 saturated carbocycles. The molecule has 1 aromatic carbocycles. The van der Waals surface area contributed by atoms with E-state index in [1.807, 2.05) is 4.90 Å². The molecular weight excluding hydrogens is 338 g/mol. The van der Waals surface area contributed by atoms with Gasteiger partial charge in [-0.05, 0) is 37.1 Å². The minimum Gasteiger partial charge on any atom is -0.339 e. The van der Waals surface area contributed by atoms with Crippen LogP contribution in [0.2, 0.25) is 0 Å². The van der Waals surface area contributed by atoms with Gasteiger partial charge >= 0.3 is 0 Å². The van der Waals surface area contributed by atoms with Gasteiger partial charge in [-0.15, -0.1) is 0 Å². The molecule has 1 amide bonds. The van der Waals surface area contributed by atoms with E-state index in [9.17, 15) is 13.6 Å². The van der Waals surface area contributed by atoms with Gasteiger partial charge in [-0.3, -0.25) is 9.78 Å². The molecule has 2 aromatic heterocycles. The van der Waals surface area contributed by atoms with Gasteiger partial charge in [0.2, 0.25) is 0 Å². The highest BCUT2D eigenvalue weighted by atomic mass is 19.1. The molecule has 1 aliphatic rings. The number of aromatic nitrogens is 3. The van der Waals surface area contributed by atoms with Crippen molar-refractivity contribution in [3.8, 4) is 16.9 Å². The van der Waals surface area contributed by atoms with Crippen LogP contribution in [0.15, 0.2) is 48.9 Å². The van der Waals surface area contributed by atoms with Crippen molar-refractivity contribution in [1.29, 1.82) is 0 Å². The Bertz CT molecular complexity index is 946. The Morgan fingerprint density at radius 2 is 1.85 bits per heavy atom. The zero-order valence-electron chi connectivity index (χ0n) is 13.9. The highest BCUT2D eigenvalue weighted by molar-refractivity contribution is 5.94. The van der Waals surface area contributed by atoms with Gasteiger partial charge in [-0.2, -0.15) is 5.10 Å². The number of halogens is 2. The van der Waals surface area contributed by atoms with Gasteiger partial charge in [0.15, 0.2) is 5.82 Å². The van der Waals surface area contributed by atoms with Crippen LogP contribution >= 0.6 is 0 Å². The summed E-state index contributed by atoms with van der Waals surface area (Å²) >= 11 is 0. The lowest BCUT2D eigenvalue weighted by atomic mass is 10.2. The summed E-state index contributed by atoms with van der Waals surface area (Å²) in [5, 5.41) is 4.11. The highest BCUT2D eigenvalue weighted by Gasteiger charge is 2.19. The van der Waals surface area contributed by atoms with Gasteiger partial charge in [0.1, 0.15) is 11.5 Å². The molecule has 7 heteroatoms. The lowest BCUT2D eigenvalue weighted by Crippen LogP contribution is -2.27. The van der Waals surface area contributed by atoms with E-state index in [-0.39, 0.29) is 11.6 Å². The molecule has 26 heavy (non-hydrogen) atoms. The summed E-state index contributed by atoms with van der Waals surface area (Å²) in [5.74, 6) is -1.34. The largest absolute Gasteiger partial charge is 0.339 e. The Balaban J connectivity index is 1.56. The molecule has 132 valence electrons. The first kappa shape index (κ1) is 16.4. The van der Waals surface area contributed by atoms with Crippen LogP contribution in [0.5, 0.6) is 0 Å². The highest BCUT2D eigenvalue weighted by Crippen LogP contribution is 2.21. The Morgan fingerprint density at radius 3 is 2.54 bits per heavy atom. The third-order valence-corrected chi connectivity index (χ3v) is 4.44. The van der Waals surface area contributed by atoms with E-state index in [2.05, 4.69) is 10.1 Å². The summed E-state index contributed by atoms with van der Waals surface area (Å²) in [7, 11) is 0. The zero-order chi connectivity index (χ0) is 18.1. The Morgan fingerprint density at radius 1 is 1.04 bits per heavy atom. The van der Waals surface area contributed by atoms with Crippen molar-refractivity contribution < 1.29 is 13.6 Å². The third kappa shape index (κ3) is 3.08. The summed E-state index contributed by atoms with van der Waals surface area (Å²) in [6.07, 6.45) is 6.78. The predicted molar refractivity (Wildman–Crippen MR) is 91.8 cm³/mol. The molecule has 0 radical (unpaired) electrons. The Labute approximate surface area is 148 Å². The number of carbonyl (C=O) groups excluding carboxylic acids is 1. The third-order valence-electron chi connectivity index (χ3n) is 4.44. The second kappa shape index (κ2) is 6.67. The molecule has 0 spiro atoms. The number of hydrogen-bond donors (Lipinski definition) is 0. The maximum absolute atomic E-state index is 13.9. The van der Waals surface area contributed by atoms with Gasteiger partial charge in [0.25, 0.3) is 5.91 Å². The number of amides is 1. The number of nitrogens with zero attached hydrogens (tertiary/aromatic N) is 4. The smallest absolute Gasteiger partial charge is 0.255 e. The van der Waals surface area contributed by atoms with E-state index in [1.165, 1.54) is 16.8 Å². The Kier molecular flexibility index (Phi) is 4.20. The minimum absolute atomic E-state index is 0.00868. The number of hydrogen-bond acceptors (Lipinski definition) is 3. The molecule has 0 atom stereocenters. The fourth-order valence-corrected chi connectivity index (χ4v) is 3.05. The van der Waals surface area contributed by atoms with Gasteiger partial charge in [0.05, 0.1) is 17.5 Å². The average molecular weight is 354 g/mol. The van der Waals surface area contributed by atoms with E-state index in [0.29, 0.717) is 16.8 Å². The second-order valence-electron chi connectivity index (χ2n) is 6.20. The first-order chi connectivity index (χ1) is 12.6. The SMILES string of the molecule is O=C(c1ccc(-c2cnn(-c3ccc(F)cc3F)c2)nc1)N1CCCC1. The number of likely N-dealkylation sites (tertiary alicyclic amines) is 1. The molecule has 1 fully saturated rings. The molecule has 3 aromatic rings. The fraction of sp³-hybridized carbons (Fsp3) is 0.211. The summed E-state index contributed by atoms with van der Waals surface area (Å²) in [6.45, 7) is 1.58. The molecule has 1 aliphatic heterocycles. The second-order valence-corrected chi connectivity index (χ2v) is 6.20. The van der Waals surface area contributed by atoms with E-state index in [1.54, 1.807) is 30.7 Å². The monoisotopic (exact) mass is 354 g/mol. The lowest BCUT2D eigenvalue weighted by molar-refractivity contribution is 0.0792. The normalized spacial score (nSPS) is 14.0. The van der Waals surface area contributed by atoms with Gasteiger partial charge in [0, 0.05) is 37.1 Å². The molecule has 1 saturated heterocycles. The molecule has 5 nitrogen and oxygen atoms in total. The van der Waals surface area contributed by atoms with E-state index in [0.717, 1.165) is 32.0 Å². The van der Waals surface area contributed by atoms with Crippen molar-refractivity contribution in [2.24, 2.45) is 0 Å². The molecule has 0 aliphatic carbocycles. The lowest BCUT2D eigenvalue weighted by Gasteiger charge is -2.14. The van der Waals surface area contributed by atoms with Crippen LogP contribution in [0, 0.1) is 11.6 Å². The van der Waals surface area contributed by atoms with Crippen LogP contribution in [-0.2, 0) is 0 Å². The molecule has 0 bridgehead atoms. The van der Waals surface area contributed by atoms with Crippen LogP contribution in [0.1, 0.15) is 23.2 Å². The molecule has 3 heterocycles. The summed E-state index contributed by atoms with van der Waals surface area (Å²) < 4.78 is 28.2. The fourth-order valence-electron chi connectivity index (χ4n) is 3.05. The summed E-state index contributed by atoms with van der Waals surface area (Å²) in [4.78, 5) is 18.5. The van der Waals surface area contributed by atoms with Crippen molar-refractivity contribution >= 4 is 5.91 Å². The van der Waals surface area contributed by atoms with Crippen LogP contribution in [0.4, 0.5) is 8.78 Å². The van der Waals surface area contributed by atoms with Crippen LogP contribution in [0.3, 0.4) is 0 Å². The number of carbonyl (C=O) groups is 1. The first-order valence-electron chi connectivity index (χ1n) is 8.37. The number of pyridine rings is 1. The number of rotatable bonds is 3. The van der Waals surface area contributed by atoms with Crippen molar-refractivity contribution in [2.45, 2.75) is 12.8 Å². The van der Waals surface area contributed by atoms with Crippen molar-refractivity contribution in [2.75, 3.05) is 13.1 Å². The maximum Gasteiger partial charge on any atom is 0.255 e. The van der Waals surface area contributed by atoms with Crippen LogP contribution in [0.25, 0.3) is 16.9 Å². The zero-order valence-corrected chi connectivity index (χ0v) is 13.9. The topological polar surface area (TPSA) is 51.0 Å². The van der Waals surface area contributed by atoms with Crippen LogP contribution < -0.4 is 0 Å². The van der Waals surface area contributed by atoms with E-state index < -0.39 is 11.6 Å². The van der Waals surface area contributed by atoms with Gasteiger partial charge in [-0.25, -0.2) is 13.5 Å². The average Bonchev–Trinajstić information content (AvgIpc) is 3.33. The minimum atomic E-state index is -0.695. The predicted octanol–water partition coefficient (Wildman–Crippen LogP) is 3.45. The molecule has 4 rings (SSSR count). The van der Waals surface area contributed by atoms with E-state index in [4.69, 9.17) is 0 Å². The molecule has 0 unspecified atom stereocenters. The van der Waals surface area contributed by atoms with Gasteiger partial charge < -0.3 is 4.90 Å². The first-order valence-corrected chi connectivity index (χ1v) is 8.37. The van der Waals surface area contributed by atoms with Gasteiger partial charge in [-0.1, -0.05) is 0 Å². The molecule has 0 N–H and O–H groups in total. The van der Waals surface area contributed by atoms with Crippen molar-refractivity contribution in [3.05, 3.63) is 66.1 Å². The Hall–Kier alpha value is -3.09. The van der Waals surface area contributed by atoms with Crippen molar-refractivity contribution in [1.82, 2.24) is 19.7 Å². The maximum atomic E-state index is 13.9. The number of benzene rings is 1. The van der Waals surface area contributed by atoms with Crippen molar-refractivity contribution in [3.63, 3.8) is 0 Å². The van der Waals surface area contributed by atoms with E-state index >= 15 is 0 Å². The summed E-state index contributed by atoms with van der Waals surface area (Å²) in [5.41, 5.74) is 2.00. The standard InChI is InChI=1S/C19H16F2N4O/c20-15-4-6-18(16(21)9-15)25-12-14(11-23-25)17-5-3-13(10-22-17)19(26)24-7-1-2-8-24/h3-6,9-12H,1-2,7-8H2. The quantitative estimate of drug-likeness (QED) is 0.724.